The molecule has 0 fully saturated rings. The zero-order chi connectivity index (χ0) is 21.8. The van der Waals surface area contributed by atoms with Crippen molar-refractivity contribution in [3.8, 4) is 11.3 Å². The molecule has 0 saturated heterocycles. The van der Waals surface area contributed by atoms with E-state index in [1.165, 1.54) is 30.0 Å². The van der Waals surface area contributed by atoms with Crippen molar-refractivity contribution in [2.75, 3.05) is 27.8 Å². The van der Waals surface area contributed by atoms with Crippen LogP contribution in [0.3, 0.4) is 0 Å². The van der Waals surface area contributed by atoms with Gasteiger partial charge in [0.1, 0.15) is 0 Å². The summed E-state index contributed by atoms with van der Waals surface area (Å²) in [6.07, 6.45) is 0.186. The predicted octanol–water partition coefficient (Wildman–Crippen LogP) is 4.24. The molecule has 1 aliphatic heterocycles. The molecule has 9 heteroatoms. The van der Waals surface area contributed by atoms with E-state index in [0.717, 1.165) is 21.8 Å². The van der Waals surface area contributed by atoms with Gasteiger partial charge in [0.05, 0.1) is 17.1 Å². The molecular weight excluding hydrogens is 432 g/mol. The van der Waals surface area contributed by atoms with Crippen molar-refractivity contribution in [2.24, 2.45) is 0 Å². The Kier molecular flexibility index (Phi) is 6.34. The maximum Gasteiger partial charge on any atom is 0.237 e. The molecule has 0 atom stereocenters. The molecule has 158 valence electrons. The Labute approximate surface area is 187 Å². The summed E-state index contributed by atoms with van der Waals surface area (Å²) in [7, 11) is 0. The molecule has 2 N–H and O–H groups in total. The smallest absolute Gasteiger partial charge is 0.237 e. The van der Waals surface area contributed by atoms with Crippen molar-refractivity contribution >= 4 is 57.3 Å². The monoisotopic (exact) mass is 452 g/mol. The molecule has 3 aromatic rings. The lowest BCUT2D eigenvalue weighted by molar-refractivity contribution is -0.117. The van der Waals surface area contributed by atoms with Gasteiger partial charge in [-0.05, 0) is 24.3 Å². The molecule has 1 aliphatic rings. The molecule has 0 bridgehead atoms. The van der Waals surface area contributed by atoms with E-state index in [0.29, 0.717) is 23.1 Å². The molecule has 2 heterocycles. The number of anilines is 3. The van der Waals surface area contributed by atoms with E-state index in [-0.39, 0.29) is 24.1 Å². The third-order valence-corrected chi connectivity index (χ3v) is 6.43. The number of fused-ring (bicyclic) bond motifs is 1. The minimum Gasteiger partial charge on any atom is -0.326 e. The first-order chi connectivity index (χ1) is 15.0. The van der Waals surface area contributed by atoms with Crippen LogP contribution < -0.4 is 15.5 Å². The number of carbonyl (C=O) groups is 3. The van der Waals surface area contributed by atoms with Gasteiger partial charge in [-0.3, -0.25) is 14.4 Å². The molecular formula is C22H20N4O3S2. The molecule has 0 unspecified atom stereocenters. The lowest BCUT2D eigenvalue weighted by atomic mass is 10.1. The van der Waals surface area contributed by atoms with Gasteiger partial charge in [0, 0.05) is 41.4 Å². The highest BCUT2D eigenvalue weighted by atomic mass is 32.2. The molecule has 0 spiro atoms. The van der Waals surface area contributed by atoms with E-state index in [1.807, 2.05) is 41.8 Å². The van der Waals surface area contributed by atoms with E-state index in [4.69, 9.17) is 0 Å². The van der Waals surface area contributed by atoms with Crippen molar-refractivity contribution in [1.29, 1.82) is 0 Å². The number of hydrogen-bond acceptors (Lipinski definition) is 6. The van der Waals surface area contributed by atoms with E-state index < -0.39 is 0 Å². The average Bonchev–Trinajstić information content (AvgIpc) is 3.21. The van der Waals surface area contributed by atoms with E-state index >= 15 is 0 Å². The average molecular weight is 453 g/mol. The number of para-hydroxylation sites is 1. The number of nitrogens with one attached hydrogen (secondary N) is 2. The van der Waals surface area contributed by atoms with Crippen molar-refractivity contribution in [3.05, 3.63) is 53.9 Å². The van der Waals surface area contributed by atoms with Crippen LogP contribution in [-0.4, -0.2) is 35.0 Å². The number of carbonyl (C=O) groups excluding carboxylic acids is 3. The Bertz CT molecular complexity index is 1130. The summed E-state index contributed by atoms with van der Waals surface area (Å²) >= 11 is 2.86. The number of amides is 3. The number of rotatable bonds is 6. The number of thioether (sulfide) groups is 1. The van der Waals surface area contributed by atoms with Crippen LogP contribution in [0.5, 0.6) is 0 Å². The first-order valence-electron chi connectivity index (χ1n) is 9.65. The number of nitrogens with zero attached hydrogens (tertiary/aromatic N) is 2. The molecule has 4 rings (SSSR count). The van der Waals surface area contributed by atoms with Crippen LogP contribution >= 0.6 is 23.1 Å². The second-order valence-electron chi connectivity index (χ2n) is 6.90. The van der Waals surface area contributed by atoms with Gasteiger partial charge in [-0.2, -0.15) is 0 Å². The number of hydrogen-bond donors (Lipinski definition) is 2. The lowest BCUT2D eigenvalue weighted by Crippen LogP contribution is -2.37. The molecule has 2 aromatic carbocycles. The van der Waals surface area contributed by atoms with Gasteiger partial charge in [-0.15, -0.1) is 23.1 Å². The maximum absolute atomic E-state index is 12.4. The largest absolute Gasteiger partial charge is 0.326 e. The standard InChI is InChI=1S/C22H20N4O3S2/c1-14(27)23-16-8-6-15(7-9-16)17-12-31-22(24-17)25-20(28)10-11-26-18-4-2-3-5-19(18)30-13-21(26)29/h2-9,12H,10-11,13H2,1H3,(H,23,27)(H,24,25,28). The molecule has 0 saturated carbocycles. The summed E-state index contributed by atoms with van der Waals surface area (Å²) in [5.41, 5.74) is 3.20. The lowest BCUT2D eigenvalue weighted by Gasteiger charge is -2.28. The maximum atomic E-state index is 12.4. The summed E-state index contributed by atoms with van der Waals surface area (Å²) in [6.45, 7) is 1.79. The van der Waals surface area contributed by atoms with Crippen LogP contribution in [0.25, 0.3) is 11.3 Å². The van der Waals surface area contributed by atoms with Crippen LogP contribution in [0.1, 0.15) is 13.3 Å². The van der Waals surface area contributed by atoms with E-state index in [2.05, 4.69) is 15.6 Å². The fourth-order valence-electron chi connectivity index (χ4n) is 3.19. The van der Waals surface area contributed by atoms with E-state index in [9.17, 15) is 14.4 Å². The molecule has 0 radical (unpaired) electrons. The van der Waals surface area contributed by atoms with Gasteiger partial charge in [0.25, 0.3) is 0 Å². The predicted molar refractivity (Wildman–Crippen MR) is 125 cm³/mol. The summed E-state index contributed by atoms with van der Waals surface area (Å²) in [5.74, 6) is 0.0796. The Morgan fingerprint density at radius 1 is 1.10 bits per heavy atom. The van der Waals surface area contributed by atoms with Gasteiger partial charge in [-0.25, -0.2) is 4.98 Å². The summed E-state index contributed by atoms with van der Waals surface area (Å²) in [5, 5.41) is 7.91. The Morgan fingerprint density at radius 2 is 1.87 bits per heavy atom. The number of thiazole rings is 1. The highest BCUT2D eigenvalue weighted by Gasteiger charge is 2.24. The first kappa shape index (κ1) is 21.1. The third kappa shape index (κ3) is 5.12. The van der Waals surface area contributed by atoms with Crippen molar-refractivity contribution in [1.82, 2.24) is 4.98 Å². The van der Waals surface area contributed by atoms with Gasteiger partial charge in [0.15, 0.2) is 5.13 Å². The zero-order valence-electron chi connectivity index (χ0n) is 16.8. The van der Waals surface area contributed by atoms with Crippen LogP contribution in [0.15, 0.2) is 58.8 Å². The summed E-state index contributed by atoms with van der Waals surface area (Å²) in [6, 6.07) is 15.1. The van der Waals surface area contributed by atoms with Crippen molar-refractivity contribution in [2.45, 2.75) is 18.2 Å². The molecule has 7 nitrogen and oxygen atoms in total. The number of benzene rings is 2. The third-order valence-electron chi connectivity index (χ3n) is 4.62. The fourth-order valence-corrected chi connectivity index (χ4v) is 4.86. The zero-order valence-corrected chi connectivity index (χ0v) is 18.4. The van der Waals surface area contributed by atoms with Crippen LogP contribution in [0.2, 0.25) is 0 Å². The van der Waals surface area contributed by atoms with Crippen molar-refractivity contribution in [3.63, 3.8) is 0 Å². The van der Waals surface area contributed by atoms with Crippen molar-refractivity contribution < 1.29 is 14.4 Å². The molecule has 31 heavy (non-hydrogen) atoms. The van der Waals surface area contributed by atoms with Gasteiger partial charge < -0.3 is 15.5 Å². The SMILES string of the molecule is CC(=O)Nc1ccc(-c2csc(NC(=O)CCN3C(=O)CSc4ccccc43)n2)cc1. The molecule has 0 aliphatic carbocycles. The van der Waals surface area contributed by atoms with Crippen LogP contribution in [0, 0.1) is 0 Å². The molecule has 1 aromatic heterocycles. The Balaban J connectivity index is 1.35. The highest BCUT2D eigenvalue weighted by Crippen LogP contribution is 2.35. The summed E-state index contributed by atoms with van der Waals surface area (Å²) in [4.78, 5) is 43.1. The topological polar surface area (TPSA) is 91.4 Å². The second kappa shape index (κ2) is 9.32. The van der Waals surface area contributed by atoms with Crippen LogP contribution in [-0.2, 0) is 14.4 Å². The normalized spacial score (nSPS) is 12.9. The van der Waals surface area contributed by atoms with Gasteiger partial charge in [-0.1, -0.05) is 24.3 Å². The minimum absolute atomic E-state index is 0.00995. The molecule has 3 amide bonds. The van der Waals surface area contributed by atoms with Crippen LogP contribution in [0.4, 0.5) is 16.5 Å². The Morgan fingerprint density at radius 3 is 2.65 bits per heavy atom. The second-order valence-corrected chi connectivity index (χ2v) is 8.77. The Hall–Kier alpha value is -3.17. The van der Waals surface area contributed by atoms with Gasteiger partial charge in [0.2, 0.25) is 17.7 Å². The fraction of sp³-hybridized carbons (Fsp3) is 0.182. The summed E-state index contributed by atoms with van der Waals surface area (Å²) < 4.78 is 0. The highest BCUT2D eigenvalue weighted by molar-refractivity contribution is 8.00. The van der Waals surface area contributed by atoms with E-state index in [1.54, 1.807) is 17.0 Å². The minimum atomic E-state index is -0.189. The van der Waals surface area contributed by atoms with Gasteiger partial charge >= 0.3 is 0 Å². The quantitative estimate of drug-likeness (QED) is 0.584. The number of aromatic nitrogens is 1. The first-order valence-corrected chi connectivity index (χ1v) is 11.5.